The van der Waals surface area contributed by atoms with Crippen LogP contribution in [0.1, 0.15) is 11.5 Å². The number of aromatic nitrogens is 2. The van der Waals surface area contributed by atoms with Crippen LogP contribution in [0.25, 0.3) is 22.5 Å². The minimum atomic E-state index is 0.240. The molecule has 0 fully saturated rings. The second-order valence-corrected chi connectivity index (χ2v) is 5.55. The largest absolute Gasteiger partial charge is 0.497 e. The number of halogens is 2. The molecule has 0 spiro atoms. The Bertz CT molecular complexity index is 859. The smallest absolute Gasteiger partial charge is 0.269 e. The summed E-state index contributed by atoms with van der Waals surface area (Å²) in [5, 5.41) is 4.92. The zero-order valence-corrected chi connectivity index (χ0v) is 13.7. The van der Waals surface area contributed by atoms with Crippen LogP contribution in [0.3, 0.4) is 0 Å². The van der Waals surface area contributed by atoms with Gasteiger partial charge in [-0.1, -0.05) is 52.6 Å². The zero-order valence-electron chi connectivity index (χ0n) is 12.2. The number of hydrogen-bond acceptors (Lipinski definition) is 4. The normalized spacial score (nSPS) is 11.5. The molecule has 0 aliphatic heterocycles. The van der Waals surface area contributed by atoms with Gasteiger partial charge in [0.15, 0.2) is 0 Å². The second kappa shape index (κ2) is 6.86. The van der Waals surface area contributed by atoms with Crippen LogP contribution in [0, 0.1) is 0 Å². The first-order chi connectivity index (χ1) is 11.2. The van der Waals surface area contributed by atoms with Crippen LogP contribution in [0.5, 0.6) is 5.75 Å². The van der Waals surface area contributed by atoms with Crippen molar-refractivity contribution in [3.8, 4) is 17.1 Å². The van der Waals surface area contributed by atoms with E-state index in [1.807, 2.05) is 36.4 Å². The van der Waals surface area contributed by atoms with E-state index in [4.69, 9.17) is 32.5 Å². The summed E-state index contributed by atoms with van der Waals surface area (Å²) >= 11 is 12.2. The first-order valence-corrected chi connectivity index (χ1v) is 7.52. The SMILES string of the molecule is COc1cccc(-c2noc(/C(Cl)=C/c3cccc(Cl)c3)n2)c1. The lowest BCUT2D eigenvalue weighted by Gasteiger charge is -1.99. The molecule has 1 heterocycles. The van der Waals surface area contributed by atoms with Gasteiger partial charge in [-0.25, -0.2) is 0 Å². The van der Waals surface area contributed by atoms with Crippen molar-refractivity contribution in [1.82, 2.24) is 10.1 Å². The Morgan fingerprint density at radius 1 is 1.17 bits per heavy atom. The lowest BCUT2D eigenvalue weighted by molar-refractivity contribution is 0.409. The van der Waals surface area contributed by atoms with E-state index in [-0.39, 0.29) is 5.89 Å². The first-order valence-electron chi connectivity index (χ1n) is 6.77. The Kier molecular flexibility index (Phi) is 4.65. The molecule has 0 aliphatic rings. The van der Waals surface area contributed by atoms with Crippen molar-refractivity contribution in [2.75, 3.05) is 7.11 Å². The molecular weight excluding hydrogens is 335 g/mol. The van der Waals surface area contributed by atoms with E-state index in [1.54, 1.807) is 25.3 Å². The standard InChI is InChI=1S/C17H12Cl2N2O2/c1-22-14-7-3-5-12(10-14)16-20-17(23-21-16)15(19)9-11-4-2-6-13(18)8-11/h2-10H,1H3/b15-9-. The molecule has 0 bridgehead atoms. The Balaban J connectivity index is 1.89. The number of benzene rings is 2. The highest BCUT2D eigenvalue weighted by Crippen LogP contribution is 2.26. The summed E-state index contributed by atoms with van der Waals surface area (Å²) in [4.78, 5) is 4.31. The second-order valence-electron chi connectivity index (χ2n) is 4.70. The molecule has 2 aromatic carbocycles. The third-order valence-electron chi connectivity index (χ3n) is 3.10. The third-order valence-corrected chi connectivity index (χ3v) is 3.61. The molecule has 23 heavy (non-hydrogen) atoms. The van der Waals surface area contributed by atoms with Crippen LogP contribution >= 0.6 is 23.2 Å². The summed E-state index contributed by atoms with van der Waals surface area (Å²) in [6.07, 6.45) is 1.72. The van der Waals surface area contributed by atoms with E-state index in [0.717, 1.165) is 16.9 Å². The minimum Gasteiger partial charge on any atom is -0.497 e. The van der Waals surface area contributed by atoms with Crippen LogP contribution < -0.4 is 4.74 Å². The molecule has 0 aliphatic carbocycles. The van der Waals surface area contributed by atoms with Gasteiger partial charge in [0.25, 0.3) is 5.89 Å². The zero-order chi connectivity index (χ0) is 16.2. The summed E-state index contributed by atoms with van der Waals surface area (Å²) < 4.78 is 10.4. The van der Waals surface area contributed by atoms with Crippen molar-refractivity contribution in [3.05, 3.63) is 65.0 Å². The van der Waals surface area contributed by atoms with E-state index in [2.05, 4.69) is 10.1 Å². The maximum absolute atomic E-state index is 6.25. The van der Waals surface area contributed by atoms with Crippen LogP contribution in [-0.4, -0.2) is 17.3 Å². The predicted octanol–water partition coefficient (Wildman–Crippen LogP) is 5.14. The van der Waals surface area contributed by atoms with E-state index in [0.29, 0.717) is 15.9 Å². The Hall–Kier alpha value is -2.30. The van der Waals surface area contributed by atoms with Gasteiger partial charge in [0.05, 0.1) is 7.11 Å². The van der Waals surface area contributed by atoms with Gasteiger partial charge < -0.3 is 9.26 Å². The Morgan fingerprint density at radius 3 is 2.78 bits per heavy atom. The van der Waals surface area contributed by atoms with Gasteiger partial charge in [0, 0.05) is 10.6 Å². The predicted molar refractivity (Wildman–Crippen MR) is 91.5 cm³/mol. The van der Waals surface area contributed by atoms with Crippen molar-refractivity contribution >= 4 is 34.3 Å². The average Bonchev–Trinajstić information content (AvgIpc) is 3.05. The molecule has 0 N–H and O–H groups in total. The van der Waals surface area contributed by atoms with Crippen molar-refractivity contribution in [2.45, 2.75) is 0 Å². The molecule has 3 rings (SSSR count). The van der Waals surface area contributed by atoms with E-state index in [9.17, 15) is 0 Å². The number of hydrogen-bond donors (Lipinski definition) is 0. The minimum absolute atomic E-state index is 0.240. The van der Waals surface area contributed by atoms with Gasteiger partial charge in [-0.2, -0.15) is 4.98 Å². The van der Waals surface area contributed by atoms with Gasteiger partial charge in [-0.05, 0) is 35.9 Å². The van der Waals surface area contributed by atoms with E-state index >= 15 is 0 Å². The molecule has 116 valence electrons. The summed E-state index contributed by atoms with van der Waals surface area (Å²) in [5.74, 6) is 1.40. The highest BCUT2D eigenvalue weighted by atomic mass is 35.5. The van der Waals surface area contributed by atoms with Crippen LogP contribution in [0.4, 0.5) is 0 Å². The third kappa shape index (κ3) is 3.73. The number of ether oxygens (including phenoxy) is 1. The molecular formula is C17H12Cl2N2O2. The highest BCUT2D eigenvalue weighted by Gasteiger charge is 2.12. The van der Waals surface area contributed by atoms with Crippen LogP contribution in [-0.2, 0) is 0 Å². The van der Waals surface area contributed by atoms with Gasteiger partial charge in [0.2, 0.25) is 5.82 Å². The van der Waals surface area contributed by atoms with Gasteiger partial charge in [0.1, 0.15) is 10.8 Å². The van der Waals surface area contributed by atoms with E-state index < -0.39 is 0 Å². The summed E-state index contributed by atoms with van der Waals surface area (Å²) in [7, 11) is 1.60. The summed E-state index contributed by atoms with van der Waals surface area (Å²) in [5.41, 5.74) is 1.63. The molecule has 0 unspecified atom stereocenters. The number of methoxy groups -OCH3 is 1. The Morgan fingerprint density at radius 2 is 2.00 bits per heavy atom. The fourth-order valence-electron chi connectivity index (χ4n) is 2.00. The Labute approximate surface area is 143 Å². The molecule has 3 aromatic rings. The first kappa shape index (κ1) is 15.6. The topological polar surface area (TPSA) is 48.2 Å². The average molecular weight is 347 g/mol. The maximum atomic E-state index is 6.25. The van der Waals surface area contributed by atoms with Crippen molar-refractivity contribution in [1.29, 1.82) is 0 Å². The fourth-order valence-corrected chi connectivity index (χ4v) is 2.41. The lowest BCUT2D eigenvalue weighted by atomic mass is 10.2. The monoisotopic (exact) mass is 346 g/mol. The quantitative estimate of drug-likeness (QED) is 0.656. The van der Waals surface area contributed by atoms with Crippen LogP contribution in [0.15, 0.2) is 53.1 Å². The maximum Gasteiger partial charge on any atom is 0.269 e. The van der Waals surface area contributed by atoms with Gasteiger partial charge in [-0.15, -0.1) is 0 Å². The summed E-state index contributed by atoms with van der Waals surface area (Å²) in [6.45, 7) is 0. The molecule has 6 heteroatoms. The lowest BCUT2D eigenvalue weighted by Crippen LogP contribution is -1.85. The van der Waals surface area contributed by atoms with Gasteiger partial charge in [-0.3, -0.25) is 0 Å². The molecule has 0 atom stereocenters. The summed E-state index contributed by atoms with van der Waals surface area (Å²) in [6, 6.07) is 14.7. The molecule has 0 amide bonds. The van der Waals surface area contributed by atoms with Crippen molar-refractivity contribution < 1.29 is 9.26 Å². The molecule has 0 saturated carbocycles. The van der Waals surface area contributed by atoms with Crippen molar-refractivity contribution in [2.24, 2.45) is 0 Å². The van der Waals surface area contributed by atoms with Crippen LogP contribution in [0.2, 0.25) is 5.02 Å². The molecule has 1 aromatic heterocycles. The molecule has 0 saturated heterocycles. The fraction of sp³-hybridized carbons (Fsp3) is 0.0588. The number of rotatable bonds is 4. The van der Waals surface area contributed by atoms with Gasteiger partial charge >= 0.3 is 0 Å². The highest BCUT2D eigenvalue weighted by molar-refractivity contribution is 6.50. The number of nitrogens with zero attached hydrogens (tertiary/aromatic N) is 2. The van der Waals surface area contributed by atoms with Crippen molar-refractivity contribution in [3.63, 3.8) is 0 Å². The molecule has 4 nitrogen and oxygen atoms in total. The van der Waals surface area contributed by atoms with E-state index in [1.165, 1.54) is 0 Å². The molecule has 0 radical (unpaired) electrons.